The zero-order valence-electron chi connectivity index (χ0n) is 18.1. The summed E-state index contributed by atoms with van der Waals surface area (Å²) < 4.78 is 10.7. The number of methoxy groups -OCH3 is 2. The first-order valence-corrected chi connectivity index (χ1v) is 11.1. The van der Waals surface area contributed by atoms with E-state index in [9.17, 15) is 9.59 Å². The monoisotopic (exact) mass is 430 g/mol. The zero-order chi connectivity index (χ0) is 21.7. The molecule has 30 heavy (non-hydrogen) atoms. The van der Waals surface area contributed by atoms with E-state index in [0.717, 1.165) is 43.9 Å². The topological polar surface area (TPSA) is 59.1 Å². The first-order valence-electron chi connectivity index (χ1n) is 10.2. The number of amides is 1. The lowest BCUT2D eigenvalue weighted by Crippen LogP contribution is -2.49. The maximum atomic E-state index is 12.9. The molecule has 3 rings (SSSR count). The van der Waals surface area contributed by atoms with Gasteiger partial charge in [-0.15, -0.1) is 11.3 Å². The lowest BCUT2D eigenvalue weighted by Gasteiger charge is -2.37. The average molecular weight is 431 g/mol. The molecule has 1 aromatic carbocycles. The molecule has 1 aromatic heterocycles. The number of ether oxygens (including phenoxy) is 2. The molecule has 0 unspecified atom stereocenters. The summed E-state index contributed by atoms with van der Waals surface area (Å²) in [5.74, 6) is 1.51. The normalized spacial score (nSPS) is 16.6. The summed E-state index contributed by atoms with van der Waals surface area (Å²) in [6.07, 6.45) is 2.96. The first kappa shape index (κ1) is 22.3. The Bertz CT molecular complexity index is 895. The predicted molar refractivity (Wildman–Crippen MR) is 119 cm³/mol. The molecule has 1 fully saturated rings. The van der Waals surface area contributed by atoms with Crippen LogP contribution in [0.15, 0.2) is 29.6 Å². The third kappa shape index (κ3) is 5.21. The molecule has 0 aliphatic carbocycles. The molecule has 0 spiro atoms. The van der Waals surface area contributed by atoms with Crippen molar-refractivity contribution < 1.29 is 19.1 Å². The van der Waals surface area contributed by atoms with Crippen LogP contribution in [0.25, 0.3) is 0 Å². The van der Waals surface area contributed by atoms with Gasteiger partial charge in [0.05, 0.1) is 24.7 Å². The Hall–Kier alpha value is -2.38. The van der Waals surface area contributed by atoms with Crippen molar-refractivity contribution in [2.45, 2.75) is 32.2 Å². The molecule has 2 heterocycles. The summed E-state index contributed by atoms with van der Waals surface area (Å²) in [5, 5.41) is 1.80. The molecule has 1 aliphatic heterocycles. The number of ketones is 1. The Kier molecular flexibility index (Phi) is 7.50. The lowest BCUT2D eigenvalue weighted by molar-refractivity contribution is 0.0612. The average Bonchev–Trinajstić information content (AvgIpc) is 3.27. The van der Waals surface area contributed by atoms with E-state index < -0.39 is 0 Å². The van der Waals surface area contributed by atoms with Crippen LogP contribution in [-0.4, -0.2) is 68.4 Å². The predicted octanol–water partition coefficient (Wildman–Crippen LogP) is 3.75. The number of Topliss-reactive ketones (excluding diaryl/α,β-unsaturated/α-hetero) is 1. The number of likely N-dealkylation sites (N-methyl/N-ethyl adjacent to an activating group) is 1. The summed E-state index contributed by atoms with van der Waals surface area (Å²) in [4.78, 5) is 29.3. The summed E-state index contributed by atoms with van der Waals surface area (Å²) in [6, 6.07) is 8.07. The first-order chi connectivity index (χ1) is 14.4. The van der Waals surface area contributed by atoms with Gasteiger partial charge in [0.2, 0.25) is 0 Å². The third-order valence-electron chi connectivity index (χ3n) is 5.70. The van der Waals surface area contributed by atoms with Crippen LogP contribution in [0.1, 0.15) is 45.4 Å². The standard InChI is InChI=1S/C23H30N2O4S/c1-16(26)22-13-18(15-30-22)23(27)25-10-5-6-19(14-25)24(2)11-9-17-7-8-20(28-3)21(12-17)29-4/h7-8,12-13,15,19H,5-6,9-11,14H2,1-4H3/t19-/m0/s1. The highest BCUT2D eigenvalue weighted by Gasteiger charge is 2.27. The summed E-state index contributed by atoms with van der Waals surface area (Å²) >= 11 is 1.34. The van der Waals surface area contributed by atoms with Crippen LogP contribution < -0.4 is 9.47 Å². The molecule has 1 amide bonds. The Morgan fingerprint density at radius 3 is 2.63 bits per heavy atom. The fraction of sp³-hybridized carbons (Fsp3) is 0.478. The Balaban J connectivity index is 1.58. The van der Waals surface area contributed by atoms with Gasteiger partial charge in [-0.05, 0) is 57.0 Å². The van der Waals surface area contributed by atoms with Crippen LogP contribution in [0.2, 0.25) is 0 Å². The minimum Gasteiger partial charge on any atom is -0.493 e. The van der Waals surface area contributed by atoms with Crippen molar-refractivity contribution in [3.63, 3.8) is 0 Å². The van der Waals surface area contributed by atoms with Gasteiger partial charge in [0.25, 0.3) is 5.91 Å². The van der Waals surface area contributed by atoms with Crippen LogP contribution in [0.5, 0.6) is 11.5 Å². The number of benzene rings is 1. The number of hydrogen-bond acceptors (Lipinski definition) is 6. The van der Waals surface area contributed by atoms with Gasteiger partial charge in [-0.3, -0.25) is 9.59 Å². The van der Waals surface area contributed by atoms with Crippen molar-refractivity contribution in [1.29, 1.82) is 0 Å². The minimum atomic E-state index is 0.00506. The van der Waals surface area contributed by atoms with E-state index >= 15 is 0 Å². The Morgan fingerprint density at radius 2 is 1.97 bits per heavy atom. The maximum absolute atomic E-state index is 12.9. The Morgan fingerprint density at radius 1 is 1.20 bits per heavy atom. The van der Waals surface area contributed by atoms with Gasteiger partial charge in [-0.2, -0.15) is 0 Å². The SMILES string of the molecule is COc1ccc(CCN(C)[C@H]2CCCN(C(=O)c3csc(C(C)=O)c3)C2)cc1OC. The molecule has 1 saturated heterocycles. The van der Waals surface area contributed by atoms with Crippen molar-refractivity contribution in [1.82, 2.24) is 9.80 Å². The van der Waals surface area contributed by atoms with Crippen LogP contribution >= 0.6 is 11.3 Å². The van der Waals surface area contributed by atoms with Crippen LogP contribution in [0.3, 0.4) is 0 Å². The Labute approximate surface area is 182 Å². The van der Waals surface area contributed by atoms with Crippen molar-refractivity contribution in [3.8, 4) is 11.5 Å². The van der Waals surface area contributed by atoms with Crippen molar-refractivity contribution in [2.24, 2.45) is 0 Å². The molecule has 1 atom stereocenters. The molecule has 0 N–H and O–H groups in total. The maximum Gasteiger partial charge on any atom is 0.254 e. The van der Waals surface area contributed by atoms with E-state index in [-0.39, 0.29) is 11.7 Å². The molecule has 7 heteroatoms. The highest BCUT2D eigenvalue weighted by Crippen LogP contribution is 2.28. The van der Waals surface area contributed by atoms with Crippen molar-refractivity contribution in [3.05, 3.63) is 45.6 Å². The van der Waals surface area contributed by atoms with Gasteiger partial charge in [-0.1, -0.05) is 6.07 Å². The van der Waals surface area contributed by atoms with E-state index in [1.807, 2.05) is 17.0 Å². The quantitative estimate of drug-likeness (QED) is 0.597. The minimum absolute atomic E-state index is 0.00506. The molecule has 6 nitrogen and oxygen atoms in total. The molecular formula is C23H30N2O4S. The number of thiophene rings is 1. The van der Waals surface area contributed by atoms with Gasteiger partial charge in [0, 0.05) is 31.1 Å². The summed E-state index contributed by atoms with van der Waals surface area (Å²) in [6.45, 7) is 3.91. The number of likely N-dealkylation sites (tertiary alicyclic amines) is 1. The van der Waals surface area contributed by atoms with E-state index in [1.165, 1.54) is 23.8 Å². The van der Waals surface area contributed by atoms with Crippen LogP contribution in [-0.2, 0) is 6.42 Å². The van der Waals surface area contributed by atoms with E-state index in [4.69, 9.17) is 9.47 Å². The zero-order valence-corrected chi connectivity index (χ0v) is 19.0. The third-order valence-corrected chi connectivity index (χ3v) is 6.73. The number of piperidine rings is 1. The number of rotatable bonds is 8. The summed E-state index contributed by atoms with van der Waals surface area (Å²) in [7, 11) is 5.41. The molecule has 1 aliphatic rings. The number of carbonyl (C=O) groups excluding carboxylic acids is 2. The van der Waals surface area contributed by atoms with Gasteiger partial charge in [0.15, 0.2) is 17.3 Å². The van der Waals surface area contributed by atoms with E-state index in [1.54, 1.807) is 25.7 Å². The molecule has 162 valence electrons. The van der Waals surface area contributed by atoms with Crippen molar-refractivity contribution >= 4 is 23.0 Å². The lowest BCUT2D eigenvalue weighted by atomic mass is 10.0. The second kappa shape index (κ2) is 10.1. The van der Waals surface area contributed by atoms with Gasteiger partial charge >= 0.3 is 0 Å². The molecule has 2 aromatic rings. The second-order valence-electron chi connectivity index (χ2n) is 7.72. The molecule has 0 saturated carbocycles. The molecular weight excluding hydrogens is 400 g/mol. The largest absolute Gasteiger partial charge is 0.493 e. The van der Waals surface area contributed by atoms with Gasteiger partial charge in [0.1, 0.15) is 0 Å². The fourth-order valence-electron chi connectivity index (χ4n) is 3.84. The van der Waals surface area contributed by atoms with E-state index in [2.05, 4.69) is 18.0 Å². The van der Waals surface area contributed by atoms with Gasteiger partial charge in [-0.25, -0.2) is 0 Å². The van der Waals surface area contributed by atoms with Crippen LogP contribution in [0.4, 0.5) is 0 Å². The molecule has 0 radical (unpaired) electrons. The fourth-order valence-corrected chi connectivity index (χ4v) is 4.62. The smallest absolute Gasteiger partial charge is 0.254 e. The highest BCUT2D eigenvalue weighted by atomic mass is 32.1. The number of hydrogen-bond donors (Lipinski definition) is 0. The molecule has 0 bridgehead atoms. The van der Waals surface area contributed by atoms with Gasteiger partial charge < -0.3 is 19.3 Å². The second-order valence-corrected chi connectivity index (χ2v) is 8.63. The van der Waals surface area contributed by atoms with E-state index in [0.29, 0.717) is 23.0 Å². The highest BCUT2D eigenvalue weighted by molar-refractivity contribution is 7.12. The van der Waals surface area contributed by atoms with Crippen molar-refractivity contribution in [2.75, 3.05) is 40.9 Å². The number of nitrogens with zero attached hydrogens (tertiary/aromatic N) is 2. The number of carbonyl (C=O) groups is 2. The van der Waals surface area contributed by atoms with Crippen LogP contribution in [0, 0.1) is 0 Å². The summed E-state index contributed by atoms with van der Waals surface area (Å²) in [5.41, 5.74) is 1.82.